The van der Waals surface area contributed by atoms with E-state index >= 15 is 0 Å². The molecule has 1 fully saturated rings. The molecular formula is C21H30N4OS. The van der Waals surface area contributed by atoms with Crippen molar-refractivity contribution < 1.29 is 4.42 Å². The molecule has 0 spiro atoms. The highest BCUT2D eigenvalue weighted by molar-refractivity contribution is 7.80. The number of furan rings is 1. The molecule has 6 heteroatoms. The molecule has 2 N–H and O–H groups in total. The number of nitrogens with zero attached hydrogens (tertiary/aromatic N) is 2. The predicted molar refractivity (Wildman–Crippen MR) is 112 cm³/mol. The van der Waals surface area contributed by atoms with Crippen molar-refractivity contribution in [2.24, 2.45) is 0 Å². The van der Waals surface area contributed by atoms with E-state index in [-0.39, 0.29) is 11.1 Å². The molecule has 5 nitrogen and oxygen atoms in total. The molecule has 0 atom stereocenters. The molecular weight excluding hydrogens is 356 g/mol. The lowest BCUT2D eigenvalue weighted by molar-refractivity contribution is 0.153. The highest BCUT2D eigenvalue weighted by atomic mass is 32.1. The topological polar surface area (TPSA) is 53.3 Å². The molecule has 2 aromatic heterocycles. The number of hydrogen-bond donors (Lipinski definition) is 2. The Labute approximate surface area is 167 Å². The first-order valence-electron chi connectivity index (χ1n) is 9.49. The average Bonchev–Trinajstić information content (AvgIpc) is 3.05. The van der Waals surface area contributed by atoms with Crippen LogP contribution in [0, 0.1) is 0 Å². The van der Waals surface area contributed by atoms with E-state index in [2.05, 4.69) is 48.2 Å². The van der Waals surface area contributed by atoms with Gasteiger partial charge < -0.3 is 20.0 Å². The zero-order chi connectivity index (χ0) is 19.5. The van der Waals surface area contributed by atoms with E-state index in [0.29, 0.717) is 19.1 Å². The Morgan fingerprint density at radius 1 is 1.19 bits per heavy atom. The van der Waals surface area contributed by atoms with Crippen molar-refractivity contribution in [3.05, 3.63) is 54.2 Å². The van der Waals surface area contributed by atoms with Gasteiger partial charge in [0, 0.05) is 36.1 Å². The van der Waals surface area contributed by atoms with Crippen molar-refractivity contribution in [1.29, 1.82) is 0 Å². The van der Waals surface area contributed by atoms with E-state index in [0.717, 1.165) is 23.7 Å². The van der Waals surface area contributed by atoms with Crippen LogP contribution >= 0.6 is 12.2 Å². The lowest BCUT2D eigenvalue weighted by atomic mass is 9.80. The maximum absolute atomic E-state index is 5.82. The lowest BCUT2D eigenvalue weighted by Crippen LogP contribution is -2.62. The summed E-state index contributed by atoms with van der Waals surface area (Å²) in [6.45, 7) is 10.4. The largest absolute Gasteiger partial charge is 0.467 e. The van der Waals surface area contributed by atoms with Gasteiger partial charge >= 0.3 is 0 Å². The fourth-order valence-electron chi connectivity index (χ4n) is 4.19. The molecule has 2 aromatic rings. The maximum atomic E-state index is 5.82. The number of piperidine rings is 1. The van der Waals surface area contributed by atoms with E-state index < -0.39 is 0 Å². The standard InChI is InChI=1S/C21H30N4OS/c1-20(2)12-17(13-21(3,4)24-20)23-19(27)25(15-18-6-5-11-26-18)14-16-7-9-22-10-8-16/h5-11,17,24H,12-15H2,1-4H3,(H,23,27). The van der Waals surface area contributed by atoms with Gasteiger partial charge in [-0.2, -0.15) is 0 Å². The van der Waals surface area contributed by atoms with Crippen molar-refractivity contribution >= 4 is 17.3 Å². The minimum Gasteiger partial charge on any atom is -0.467 e. The number of hydrogen-bond acceptors (Lipinski definition) is 4. The fourth-order valence-corrected chi connectivity index (χ4v) is 4.48. The third kappa shape index (κ3) is 5.78. The van der Waals surface area contributed by atoms with E-state index in [1.807, 2.05) is 36.7 Å². The minimum absolute atomic E-state index is 0.0754. The molecule has 3 rings (SSSR count). The van der Waals surface area contributed by atoms with Gasteiger partial charge in [0.2, 0.25) is 0 Å². The van der Waals surface area contributed by atoms with Crippen LogP contribution in [0.25, 0.3) is 0 Å². The van der Waals surface area contributed by atoms with Crippen LogP contribution in [0.4, 0.5) is 0 Å². The van der Waals surface area contributed by atoms with Gasteiger partial charge in [-0.25, -0.2) is 0 Å². The highest BCUT2D eigenvalue weighted by Crippen LogP contribution is 2.28. The smallest absolute Gasteiger partial charge is 0.169 e. The quantitative estimate of drug-likeness (QED) is 0.761. The summed E-state index contributed by atoms with van der Waals surface area (Å²) in [4.78, 5) is 6.26. The second-order valence-corrected chi connectivity index (χ2v) is 9.13. The third-order valence-corrected chi connectivity index (χ3v) is 5.23. The highest BCUT2D eigenvalue weighted by Gasteiger charge is 2.38. The Kier molecular flexibility index (Phi) is 5.86. The molecule has 0 unspecified atom stereocenters. The summed E-state index contributed by atoms with van der Waals surface area (Å²) in [7, 11) is 0. The van der Waals surface area contributed by atoms with Crippen LogP contribution in [0.2, 0.25) is 0 Å². The van der Waals surface area contributed by atoms with Gasteiger partial charge in [-0.15, -0.1) is 0 Å². The monoisotopic (exact) mass is 386 g/mol. The van der Waals surface area contributed by atoms with Crippen LogP contribution in [0.3, 0.4) is 0 Å². The van der Waals surface area contributed by atoms with Crippen molar-refractivity contribution in [3.8, 4) is 0 Å². The van der Waals surface area contributed by atoms with Crippen molar-refractivity contribution in [3.63, 3.8) is 0 Å². The van der Waals surface area contributed by atoms with E-state index in [9.17, 15) is 0 Å². The molecule has 0 aliphatic carbocycles. The zero-order valence-corrected chi connectivity index (χ0v) is 17.5. The molecule has 1 saturated heterocycles. The van der Waals surface area contributed by atoms with Crippen LogP contribution < -0.4 is 10.6 Å². The normalized spacial score (nSPS) is 18.8. The molecule has 146 valence electrons. The summed E-state index contributed by atoms with van der Waals surface area (Å²) in [5.74, 6) is 0.902. The number of pyridine rings is 1. The van der Waals surface area contributed by atoms with Gasteiger partial charge in [0.05, 0.1) is 12.8 Å². The Morgan fingerprint density at radius 3 is 2.44 bits per heavy atom. The molecule has 0 radical (unpaired) electrons. The van der Waals surface area contributed by atoms with Crippen molar-refractivity contribution in [1.82, 2.24) is 20.5 Å². The lowest BCUT2D eigenvalue weighted by Gasteiger charge is -2.47. The SMILES string of the molecule is CC1(C)CC(NC(=S)N(Cc2ccncc2)Cc2ccco2)CC(C)(C)N1. The number of nitrogens with one attached hydrogen (secondary N) is 2. The number of rotatable bonds is 5. The number of aromatic nitrogens is 1. The predicted octanol–water partition coefficient (Wildman–Crippen LogP) is 3.86. The summed E-state index contributed by atoms with van der Waals surface area (Å²) < 4.78 is 5.56. The second kappa shape index (κ2) is 7.98. The maximum Gasteiger partial charge on any atom is 0.169 e. The molecule has 0 aromatic carbocycles. The third-order valence-electron chi connectivity index (χ3n) is 4.85. The van der Waals surface area contributed by atoms with Crippen LogP contribution in [0.5, 0.6) is 0 Å². The summed E-state index contributed by atoms with van der Waals surface area (Å²) in [5.41, 5.74) is 1.32. The summed E-state index contributed by atoms with van der Waals surface area (Å²) >= 11 is 5.82. The zero-order valence-electron chi connectivity index (χ0n) is 16.7. The molecule has 0 saturated carbocycles. The molecule has 3 heterocycles. The van der Waals surface area contributed by atoms with Gasteiger partial charge in [-0.1, -0.05) is 0 Å². The Balaban J connectivity index is 1.72. The fraction of sp³-hybridized carbons (Fsp3) is 0.524. The van der Waals surface area contributed by atoms with E-state index in [1.54, 1.807) is 6.26 Å². The molecule has 0 bridgehead atoms. The van der Waals surface area contributed by atoms with Crippen LogP contribution in [0.1, 0.15) is 51.9 Å². The molecule has 0 amide bonds. The van der Waals surface area contributed by atoms with Crippen LogP contribution in [-0.2, 0) is 13.1 Å². The molecule has 1 aliphatic heterocycles. The van der Waals surface area contributed by atoms with E-state index in [4.69, 9.17) is 16.6 Å². The first-order valence-corrected chi connectivity index (χ1v) is 9.89. The van der Waals surface area contributed by atoms with Gasteiger partial charge in [0.1, 0.15) is 5.76 Å². The Morgan fingerprint density at radius 2 is 1.85 bits per heavy atom. The molecule has 1 aliphatic rings. The summed E-state index contributed by atoms with van der Waals surface area (Å²) in [5, 5.41) is 8.11. The minimum atomic E-state index is 0.0754. The van der Waals surface area contributed by atoms with Crippen molar-refractivity contribution in [2.45, 2.75) is 70.7 Å². The number of thiocarbonyl (C=S) groups is 1. The van der Waals surface area contributed by atoms with Crippen molar-refractivity contribution in [2.75, 3.05) is 0 Å². The van der Waals surface area contributed by atoms with Crippen LogP contribution in [-0.4, -0.2) is 32.1 Å². The van der Waals surface area contributed by atoms with Gasteiger partial charge in [-0.05, 0) is 82.6 Å². The first-order chi connectivity index (χ1) is 12.7. The molecule has 27 heavy (non-hydrogen) atoms. The Bertz CT molecular complexity index is 727. The summed E-state index contributed by atoms with van der Waals surface area (Å²) in [6.07, 6.45) is 7.39. The van der Waals surface area contributed by atoms with Crippen LogP contribution in [0.15, 0.2) is 47.3 Å². The first kappa shape index (κ1) is 19.8. The van der Waals surface area contributed by atoms with Gasteiger partial charge in [-0.3, -0.25) is 4.98 Å². The second-order valence-electron chi connectivity index (χ2n) is 8.74. The average molecular weight is 387 g/mol. The Hall–Kier alpha value is -1.92. The summed E-state index contributed by atoms with van der Waals surface area (Å²) in [6, 6.07) is 8.27. The van der Waals surface area contributed by atoms with Gasteiger partial charge in [0.15, 0.2) is 5.11 Å². The van der Waals surface area contributed by atoms with Gasteiger partial charge in [0.25, 0.3) is 0 Å². The van der Waals surface area contributed by atoms with E-state index in [1.165, 1.54) is 5.56 Å².